The lowest BCUT2D eigenvalue weighted by Crippen LogP contribution is -2.20. The number of nitrogens with zero attached hydrogens (tertiary/aromatic N) is 2. The minimum absolute atomic E-state index is 0.109. The molecule has 0 unspecified atom stereocenters. The number of aromatic nitrogens is 2. The van der Waals surface area contributed by atoms with Crippen LogP contribution in [0.2, 0.25) is 0 Å². The van der Waals surface area contributed by atoms with Crippen LogP contribution < -0.4 is 5.32 Å². The fraction of sp³-hybridized carbons (Fsp3) is 0.200. The largest absolute Gasteiger partial charge is 0.334 e. The molecule has 5 heterocycles. The SMILES string of the molecule is C[C@@H]1C[C@H]2O[C@@H]1n1c3ccccc3c3c4c(c5c6ccccc6n2c5c31)C(=O)NC4=O. The van der Waals surface area contributed by atoms with E-state index in [1.54, 1.807) is 0 Å². The summed E-state index contributed by atoms with van der Waals surface area (Å²) in [5, 5.41) is 6.25. The van der Waals surface area contributed by atoms with E-state index >= 15 is 0 Å². The minimum Gasteiger partial charge on any atom is -0.334 e. The van der Waals surface area contributed by atoms with E-state index in [1.165, 1.54) is 0 Å². The summed E-state index contributed by atoms with van der Waals surface area (Å²) < 4.78 is 11.2. The molecule has 3 aromatic carbocycles. The molecule has 1 saturated heterocycles. The molecule has 150 valence electrons. The van der Waals surface area contributed by atoms with Crippen LogP contribution in [0.4, 0.5) is 0 Å². The lowest BCUT2D eigenvalue weighted by molar-refractivity contribution is -0.0316. The standard InChI is InChI=1S/C25H17N3O3/c1-11-10-16-27-14-8-4-2-6-12(14)17-19-20(24(30)26-23(19)29)18-13-7-3-5-9-15(13)28(25(11)31-16)22(18)21(17)27/h2-9,11,16,25H,10H2,1H3,(H,26,29,30)/t11-,16-,25+/m1/s1. The van der Waals surface area contributed by atoms with Crippen molar-refractivity contribution in [1.82, 2.24) is 14.5 Å². The molecule has 2 amide bonds. The van der Waals surface area contributed by atoms with Crippen LogP contribution in [0, 0.1) is 5.92 Å². The van der Waals surface area contributed by atoms with Gasteiger partial charge in [-0.15, -0.1) is 0 Å². The van der Waals surface area contributed by atoms with Gasteiger partial charge in [-0.25, -0.2) is 0 Å². The zero-order valence-electron chi connectivity index (χ0n) is 16.7. The van der Waals surface area contributed by atoms with Crippen LogP contribution in [-0.2, 0) is 4.74 Å². The number of benzene rings is 3. The van der Waals surface area contributed by atoms with Crippen molar-refractivity contribution in [1.29, 1.82) is 0 Å². The van der Waals surface area contributed by atoms with Gasteiger partial charge >= 0.3 is 0 Å². The summed E-state index contributed by atoms with van der Waals surface area (Å²) in [6.45, 7) is 2.22. The van der Waals surface area contributed by atoms with Crippen LogP contribution in [0.5, 0.6) is 0 Å². The minimum atomic E-state index is -0.315. The molecular formula is C25H17N3O3. The van der Waals surface area contributed by atoms with Gasteiger partial charge < -0.3 is 13.9 Å². The Morgan fingerprint density at radius 3 is 2.03 bits per heavy atom. The van der Waals surface area contributed by atoms with Crippen molar-refractivity contribution in [2.75, 3.05) is 0 Å². The molecule has 5 aromatic rings. The Labute approximate surface area is 176 Å². The van der Waals surface area contributed by atoms with E-state index in [0.29, 0.717) is 17.0 Å². The summed E-state index contributed by atoms with van der Waals surface area (Å²) in [6, 6.07) is 16.3. The molecule has 3 aliphatic rings. The molecule has 6 heteroatoms. The maximum absolute atomic E-state index is 13.1. The van der Waals surface area contributed by atoms with Crippen molar-refractivity contribution in [3.8, 4) is 0 Å². The maximum atomic E-state index is 13.1. The molecule has 0 radical (unpaired) electrons. The summed E-state index contributed by atoms with van der Waals surface area (Å²) in [5.74, 6) is -0.313. The van der Waals surface area contributed by atoms with Crippen LogP contribution in [0.3, 0.4) is 0 Å². The molecule has 0 saturated carbocycles. The van der Waals surface area contributed by atoms with Crippen molar-refractivity contribution < 1.29 is 14.3 Å². The van der Waals surface area contributed by atoms with Crippen LogP contribution in [0.15, 0.2) is 48.5 Å². The Morgan fingerprint density at radius 2 is 1.39 bits per heavy atom. The Bertz CT molecular complexity index is 1690. The predicted octanol–water partition coefficient (Wildman–Crippen LogP) is 4.85. The number of nitrogens with one attached hydrogen (secondary N) is 1. The predicted molar refractivity (Wildman–Crippen MR) is 117 cm³/mol. The van der Waals surface area contributed by atoms with Crippen molar-refractivity contribution in [3.05, 3.63) is 59.7 Å². The second-order valence-corrected chi connectivity index (χ2v) is 8.95. The van der Waals surface area contributed by atoms with E-state index < -0.39 is 0 Å². The van der Waals surface area contributed by atoms with Gasteiger partial charge in [0.1, 0.15) is 12.5 Å². The molecule has 1 fully saturated rings. The van der Waals surface area contributed by atoms with E-state index in [4.69, 9.17) is 4.74 Å². The highest BCUT2D eigenvalue weighted by molar-refractivity contribution is 6.39. The third-order valence-electron chi connectivity index (χ3n) is 7.38. The molecule has 1 N–H and O–H groups in total. The molecule has 2 bridgehead atoms. The number of fused-ring (bicyclic) bond motifs is 13. The molecule has 0 aliphatic carbocycles. The summed E-state index contributed by atoms with van der Waals surface area (Å²) >= 11 is 0. The average molecular weight is 407 g/mol. The maximum Gasteiger partial charge on any atom is 0.259 e. The Balaban J connectivity index is 1.81. The quantitative estimate of drug-likeness (QED) is 0.373. The highest BCUT2D eigenvalue weighted by Gasteiger charge is 2.44. The Kier molecular flexibility index (Phi) is 2.59. The molecule has 3 aliphatic heterocycles. The van der Waals surface area contributed by atoms with Gasteiger partial charge in [-0.2, -0.15) is 0 Å². The summed E-state index contributed by atoms with van der Waals surface area (Å²) in [7, 11) is 0. The number of ether oxygens (including phenoxy) is 1. The number of carbonyl (C=O) groups is 2. The van der Waals surface area contributed by atoms with Crippen molar-refractivity contribution in [2.45, 2.75) is 25.8 Å². The first-order valence-corrected chi connectivity index (χ1v) is 10.7. The first-order chi connectivity index (χ1) is 15.1. The van der Waals surface area contributed by atoms with Gasteiger partial charge in [-0.1, -0.05) is 43.3 Å². The van der Waals surface area contributed by atoms with E-state index in [-0.39, 0.29) is 24.3 Å². The topological polar surface area (TPSA) is 65.3 Å². The molecule has 8 rings (SSSR count). The van der Waals surface area contributed by atoms with Gasteiger partial charge in [-0.3, -0.25) is 14.9 Å². The highest BCUT2D eigenvalue weighted by Crippen LogP contribution is 2.53. The Morgan fingerprint density at radius 1 is 0.839 bits per heavy atom. The number of para-hydroxylation sites is 2. The second-order valence-electron chi connectivity index (χ2n) is 8.95. The number of amides is 2. The van der Waals surface area contributed by atoms with Crippen molar-refractivity contribution in [3.63, 3.8) is 0 Å². The van der Waals surface area contributed by atoms with Gasteiger partial charge in [0, 0.05) is 27.5 Å². The monoisotopic (exact) mass is 407 g/mol. The highest BCUT2D eigenvalue weighted by atomic mass is 16.5. The van der Waals surface area contributed by atoms with Crippen molar-refractivity contribution in [2.24, 2.45) is 5.92 Å². The lowest BCUT2D eigenvalue weighted by atomic mass is 9.96. The van der Waals surface area contributed by atoms with Gasteiger partial charge in [0.25, 0.3) is 11.8 Å². The fourth-order valence-electron chi connectivity index (χ4n) is 6.26. The van der Waals surface area contributed by atoms with E-state index in [1.807, 2.05) is 36.4 Å². The summed E-state index contributed by atoms with van der Waals surface area (Å²) in [5.41, 5.74) is 5.06. The number of hydrogen-bond acceptors (Lipinski definition) is 3. The van der Waals surface area contributed by atoms with E-state index in [9.17, 15) is 9.59 Å². The molecule has 3 atom stereocenters. The van der Waals surface area contributed by atoms with Crippen LogP contribution >= 0.6 is 0 Å². The Hall–Kier alpha value is -3.64. The van der Waals surface area contributed by atoms with Gasteiger partial charge in [0.05, 0.1) is 33.2 Å². The zero-order valence-corrected chi connectivity index (χ0v) is 16.7. The second kappa shape index (κ2) is 4.98. The molecule has 6 nitrogen and oxygen atoms in total. The van der Waals surface area contributed by atoms with Crippen LogP contribution in [0.1, 0.15) is 46.5 Å². The van der Waals surface area contributed by atoms with Gasteiger partial charge in [-0.05, 0) is 18.6 Å². The molecule has 31 heavy (non-hydrogen) atoms. The average Bonchev–Trinajstić information content (AvgIpc) is 3.45. The fourth-order valence-corrected chi connectivity index (χ4v) is 6.26. The zero-order chi connectivity index (χ0) is 20.6. The van der Waals surface area contributed by atoms with Gasteiger partial charge in [0.2, 0.25) is 0 Å². The first kappa shape index (κ1) is 16.1. The smallest absolute Gasteiger partial charge is 0.259 e. The number of imide groups is 1. The van der Waals surface area contributed by atoms with Crippen LogP contribution in [-0.4, -0.2) is 20.9 Å². The first-order valence-electron chi connectivity index (χ1n) is 10.7. The lowest BCUT2D eigenvalue weighted by Gasteiger charge is -2.19. The van der Waals surface area contributed by atoms with Gasteiger partial charge in [0.15, 0.2) is 0 Å². The van der Waals surface area contributed by atoms with Crippen molar-refractivity contribution >= 4 is 55.4 Å². The summed E-state index contributed by atoms with van der Waals surface area (Å²) in [4.78, 5) is 26.1. The normalized spacial score (nSPS) is 24.1. The third kappa shape index (κ3) is 1.62. The van der Waals surface area contributed by atoms with E-state index in [0.717, 1.165) is 50.0 Å². The molecule has 0 spiro atoms. The van der Waals surface area contributed by atoms with Crippen LogP contribution in [0.25, 0.3) is 43.6 Å². The summed E-state index contributed by atoms with van der Waals surface area (Å²) in [6.07, 6.45) is 0.670. The number of carbonyl (C=O) groups excluding carboxylic acids is 2. The number of rotatable bonds is 0. The number of hydrogen-bond donors (Lipinski definition) is 1. The molecular weight excluding hydrogens is 390 g/mol. The van der Waals surface area contributed by atoms with E-state index in [2.05, 4.69) is 33.5 Å². The molecule has 2 aromatic heterocycles. The third-order valence-corrected chi connectivity index (χ3v) is 7.38.